The van der Waals surface area contributed by atoms with Crippen molar-refractivity contribution in [2.75, 3.05) is 39.3 Å². The number of hydrogen-bond acceptors (Lipinski definition) is 12. The summed E-state index contributed by atoms with van der Waals surface area (Å²) in [6, 6.07) is 25.9. The Balaban J connectivity index is 0.000000146. The molecule has 11 rings (SSSR count). The average molecular weight is 1070 g/mol. The number of pyridine rings is 3. The van der Waals surface area contributed by atoms with Gasteiger partial charge in [-0.3, -0.25) is 15.0 Å². The Morgan fingerprint density at radius 1 is 0.589 bits per heavy atom. The average Bonchev–Trinajstić information content (AvgIpc) is 3.40. The minimum Gasteiger partial charge on any atom is -0.445 e. The van der Waals surface area contributed by atoms with Gasteiger partial charge >= 0.3 is 6.09 Å². The second kappa shape index (κ2) is 22.1. The molecule has 0 aliphatic carbocycles. The van der Waals surface area contributed by atoms with Gasteiger partial charge < -0.3 is 15.0 Å². The number of amides is 1. The molecule has 73 heavy (non-hydrogen) atoms. The molecule has 1 N–H and O–H groups in total. The number of sulfonamides is 2. The highest BCUT2D eigenvalue weighted by atomic mass is 35.7. The van der Waals surface area contributed by atoms with E-state index in [1.807, 2.05) is 67.3 Å². The SMILES string of the molecule is Cc1cncc2cccc(S(=O)(=O)Cl)c12.Cc1cncc2cccc(S(=O)(=O)N3CCC4C(CCCN4C(=O)OCc4ccccc4)C3)c12.Cc1cncc2cccc(S(=O)(=O)N3CCC4NCCCC4C3)c12. The van der Waals surface area contributed by atoms with E-state index in [4.69, 9.17) is 15.4 Å². The first kappa shape index (κ1) is 52.3. The zero-order valence-electron chi connectivity index (χ0n) is 41.1. The number of aryl methyl sites for hydroxylation is 3. The van der Waals surface area contributed by atoms with Gasteiger partial charge in [0, 0.05) is 125 Å². The molecule has 0 radical (unpaired) electrons. The lowest BCUT2D eigenvalue weighted by atomic mass is 9.85. The standard InChI is InChI=1S/C26H29N3O4S.C18H23N3O2S.C10H8ClNO2S/c1-19-15-27-16-21-9-5-11-24(25(19)21)34(31,32)28-14-12-23-22(17-28)10-6-13-29(23)26(30)33-18-20-7-3-2-4-8-20;1-13-10-19-11-14-4-2-6-17(18(13)14)24(22,23)21-9-7-16-15(12-21)5-3-8-20-16;1-7-5-12-6-8-3-2-4-9(10(7)8)15(11,13)14/h2-5,7-9,11,15-16,22-23H,6,10,12-14,17-18H2,1H3;2,4,6,10-11,15-16,20H,3,5,7-9,12H2,1H3;2-6H,1H3. The van der Waals surface area contributed by atoms with Crippen LogP contribution in [0.4, 0.5) is 4.79 Å². The third-order valence-electron chi connectivity index (χ3n) is 14.6. The molecule has 384 valence electrons. The first-order valence-corrected chi connectivity index (χ1v) is 29.9. The molecule has 4 saturated heterocycles. The van der Waals surface area contributed by atoms with Gasteiger partial charge in [0.1, 0.15) is 6.61 Å². The van der Waals surface area contributed by atoms with Crippen LogP contribution in [-0.4, -0.2) is 111 Å². The number of benzene rings is 4. The lowest BCUT2D eigenvalue weighted by Gasteiger charge is -2.46. The lowest BCUT2D eigenvalue weighted by Crippen LogP contribution is -2.56. The molecule has 4 atom stereocenters. The number of rotatable bonds is 7. The Labute approximate surface area is 432 Å². The quantitative estimate of drug-likeness (QED) is 0.149. The van der Waals surface area contributed by atoms with Gasteiger partial charge in [-0.15, -0.1) is 0 Å². The Morgan fingerprint density at radius 2 is 1.08 bits per heavy atom. The number of likely N-dealkylation sites (tertiary alicyclic amines) is 1. The number of carbonyl (C=O) groups is 1. The molecule has 4 aliphatic rings. The molecule has 4 aliphatic heterocycles. The van der Waals surface area contributed by atoms with Crippen molar-refractivity contribution in [1.29, 1.82) is 0 Å². The summed E-state index contributed by atoms with van der Waals surface area (Å²) in [5, 5.41) is 8.19. The molecule has 4 unspecified atom stereocenters. The van der Waals surface area contributed by atoms with Gasteiger partial charge in [0.05, 0.1) is 14.7 Å². The second-order valence-electron chi connectivity index (χ2n) is 19.3. The molecule has 0 saturated carbocycles. The number of fused-ring (bicyclic) bond motifs is 5. The number of nitrogens with zero attached hydrogens (tertiary/aromatic N) is 6. The molecule has 15 nitrogen and oxygen atoms in total. The zero-order chi connectivity index (χ0) is 51.5. The van der Waals surface area contributed by atoms with Crippen LogP contribution in [0.25, 0.3) is 32.3 Å². The molecule has 0 bridgehead atoms. The van der Waals surface area contributed by atoms with Crippen molar-refractivity contribution in [3.05, 3.63) is 144 Å². The van der Waals surface area contributed by atoms with Crippen LogP contribution in [-0.2, 0) is 40.4 Å². The number of aromatic nitrogens is 3. The van der Waals surface area contributed by atoms with Crippen LogP contribution in [0.2, 0.25) is 0 Å². The van der Waals surface area contributed by atoms with E-state index in [0.717, 1.165) is 87.8 Å². The largest absolute Gasteiger partial charge is 0.445 e. The Kier molecular flexibility index (Phi) is 15.8. The highest BCUT2D eigenvalue weighted by molar-refractivity contribution is 8.14. The molecule has 4 fully saturated rings. The third-order valence-corrected chi connectivity index (χ3v) is 19.8. The zero-order valence-corrected chi connectivity index (χ0v) is 44.3. The van der Waals surface area contributed by atoms with Gasteiger partial charge in [-0.05, 0) is 118 Å². The van der Waals surface area contributed by atoms with E-state index < -0.39 is 29.1 Å². The molecule has 0 spiro atoms. The molecular weight excluding hydrogens is 1010 g/mol. The lowest BCUT2D eigenvalue weighted by molar-refractivity contribution is 0.0271. The van der Waals surface area contributed by atoms with Crippen molar-refractivity contribution >= 4 is 78.2 Å². The highest BCUT2D eigenvalue weighted by Gasteiger charge is 2.43. The summed E-state index contributed by atoms with van der Waals surface area (Å²) in [5.74, 6) is 0.527. The monoisotopic (exact) mass is 1070 g/mol. The van der Waals surface area contributed by atoms with Gasteiger partial charge in [-0.2, -0.15) is 8.61 Å². The number of nitrogens with one attached hydrogen (secondary N) is 1. The fraction of sp³-hybridized carbons (Fsp3) is 0.370. The molecule has 7 aromatic rings. The first-order chi connectivity index (χ1) is 35.0. The minimum atomic E-state index is -3.71. The van der Waals surface area contributed by atoms with Crippen molar-refractivity contribution in [1.82, 2.24) is 33.8 Å². The fourth-order valence-corrected chi connectivity index (χ4v) is 15.8. The van der Waals surface area contributed by atoms with Crippen LogP contribution in [0, 0.1) is 32.6 Å². The van der Waals surface area contributed by atoms with Gasteiger partial charge in [-0.1, -0.05) is 66.7 Å². The molecule has 1 amide bonds. The van der Waals surface area contributed by atoms with Crippen molar-refractivity contribution in [3.63, 3.8) is 0 Å². The summed E-state index contributed by atoms with van der Waals surface area (Å²) in [4.78, 5) is 28.0. The normalized spacial score (nSPS) is 20.7. The number of hydrogen-bond donors (Lipinski definition) is 1. The summed E-state index contributed by atoms with van der Waals surface area (Å²) in [6.07, 6.45) is 15.3. The van der Waals surface area contributed by atoms with Crippen molar-refractivity contribution in [3.8, 4) is 0 Å². The van der Waals surface area contributed by atoms with Crippen LogP contribution in [0.5, 0.6) is 0 Å². The van der Waals surface area contributed by atoms with Crippen LogP contribution in [0.3, 0.4) is 0 Å². The van der Waals surface area contributed by atoms with E-state index in [1.54, 1.807) is 83.0 Å². The van der Waals surface area contributed by atoms with Crippen molar-refractivity contribution in [2.45, 2.75) is 92.7 Å². The van der Waals surface area contributed by atoms with Gasteiger partial charge in [-0.25, -0.2) is 30.0 Å². The molecule has 3 aromatic heterocycles. The van der Waals surface area contributed by atoms with E-state index in [0.29, 0.717) is 66.3 Å². The van der Waals surface area contributed by atoms with E-state index in [2.05, 4.69) is 20.3 Å². The van der Waals surface area contributed by atoms with Crippen molar-refractivity contribution < 1.29 is 34.8 Å². The summed E-state index contributed by atoms with van der Waals surface area (Å²) in [5.41, 5.74) is 3.50. The second-order valence-corrected chi connectivity index (χ2v) is 25.7. The number of carbonyl (C=O) groups excluding carboxylic acids is 1. The topological polar surface area (TPSA) is 189 Å². The van der Waals surface area contributed by atoms with Gasteiger partial charge in [0.15, 0.2) is 0 Å². The maximum atomic E-state index is 13.7. The molecule has 7 heterocycles. The van der Waals surface area contributed by atoms with Gasteiger partial charge in [0.25, 0.3) is 9.05 Å². The van der Waals surface area contributed by atoms with Crippen LogP contribution in [0.15, 0.2) is 137 Å². The smallest absolute Gasteiger partial charge is 0.410 e. The summed E-state index contributed by atoms with van der Waals surface area (Å²) in [6.45, 7) is 9.58. The Morgan fingerprint density at radius 3 is 1.63 bits per heavy atom. The number of piperidine rings is 4. The molecule has 19 heteroatoms. The maximum Gasteiger partial charge on any atom is 0.410 e. The molecule has 4 aromatic carbocycles. The van der Waals surface area contributed by atoms with E-state index in [9.17, 15) is 30.0 Å². The number of halogens is 1. The van der Waals surface area contributed by atoms with E-state index >= 15 is 0 Å². The summed E-state index contributed by atoms with van der Waals surface area (Å²) < 4.78 is 85.6. The first-order valence-electron chi connectivity index (χ1n) is 24.7. The van der Waals surface area contributed by atoms with Crippen molar-refractivity contribution in [2.24, 2.45) is 11.8 Å². The summed E-state index contributed by atoms with van der Waals surface area (Å²) in [7, 11) is -5.50. The number of ether oxygens (including phenoxy) is 1. The third kappa shape index (κ3) is 11.3. The summed E-state index contributed by atoms with van der Waals surface area (Å²) >= 11 is 0. The predicted octanol–water partition coefficient (Wildman–Crippen LogP) is 9.13. The highest BCUT2D eigenvalue weighted by Crippen LogP contribution is 2.37. The minimum absolute atomic E-state index is 0.00178. The fourth-order valence-electron chi connectivity index (χ4n) is 11.1. The maximum absolute atomic E-state index is 13.7. The van der Waals surface area contributed by atoms with E-state index in [1.165, 1.54) is 6.07 Å². The van der Waals surface area contributed by atoms with Crippen LogP contribution < -0.4 is 5.32 Å². The predicted molar refractivity (Wildman–Crippen MR) is 284 cm³/mol. The molecular formula is C54H60ClN7O8S3. The van der Waals surface area contributed by atoms with Crippen LogP contribution in [0.1, 0.15) is 60.8 Å². The Bertz CT molecular complexity index is 3480. The van der Waals surface area contributed by atoms with Crippen LogP contribution >= 0.6 is 10.7 Å². The van der Waals surface area contributed by atoms with E-state index in [-0.39, 0.29) is 29.6 Å². The Hall–Kier alpha value is -5.60. The van der Waals surface area contributed by atoms with Gasteiger partial charge in [0.2, 0.25) is 20.0 Å².